The number of benzene rings is 2. The molecule has 0 bridgehead atoms. The molecule has 0 saturated heterocycles. The van der Waals surface area contributed by atoms with Crippen molar-refractivity contribution in [3.63, 3.8) is 0 Å². The Morgan fingerprint density at radius 3 is 2.42 bits per heavy atom. The Balaban J connectivity index is 1.69. The number of aromatic nitrogens is 2. The van der Waals surface area contributed by atoms with Gasteiger partial charge < -0.3 is 14.7 Å². The zero-order valence-corrected chi connectivity index (χ0v) is 18.4. The van der Waals surface area contributed by atoms with E-state index in [0.717, 1.165) is 11.1 Å². The van der Waals surface area contributed by atoms with E-state index in [9.17, 15) is 14.4 Å². The number of carboxylic acid groups (broad SMARTS) is 1. The molecule has 0 radical (unpaired) electrons. The summed E-state index contributed by atoms with van der Waals surface area (Å²) in [5.41, 5.74) is 3.43. The third kappa shape index (κ3) is 4.16. The van der Waals surface area contributed by atoms with Gasteiger partial charge in [-0.15, -0.1) is 0 Å². The summed E-state index contributed by atoms with van der Waals surface area (Å²) < 4.78 is 6.38. The molecule has 0 fully saturated rings. The molecule has 2 aromatic heterocycles. The zero-order valence-electron chi connectivity index (χ0n) is 17.7. The average molecular weight is 464 g/mol. The highest BCUT2D eigenvalue weighted by atomic mass is 35.5. The Morgan fingerprint density at radius 1 is 1.03 bits per heavy atom. The van der Waals surface area contributed by atoms with Gasteiger partial charge in [-0.25, -0.2) is 14.1 Å². The summed E-state index contributed by atoms with van der Waals surface area (Å²) in [6.07, 6.45) is 3.33. The van der Waals surface area contributed by atoms with Crippen LogP contribution in [0, 0.1) is 0 Å². The maximum atomic E-state index is 13.2. The molecule has 8 nitrogen and oxygen atoms in total. The number of anilines is 1. The van der Waals surface area contributed by atoms with Crippen molar-refractivity contribution in [3.8, 4) is 11.1 Å². The van der Waals surface area contributed by atoms with Gasteiger partial charge in [-0.3, -0.25) is 4.79 Å². The van der Waals surface area contributed by atoms with Gasteiger partial charge in [-0.1, -0.05) is 23.7 Å². The van der Waals surface area contributed by atoms with Crippen LogP contribution >= 0.6 is 11.6 Å². The van der Waals surface area contributed by atoms with Crippen molar-refractivity contribution in [1.29, 1.82) is 0 Å². The van der Waals surface area contributed by atoms with E-state index in [1.165, 1.54) is 36.3 Å². The molecule has 0 aliphatic rings. The highest BCUT2D eigenvalue weighted by Gasteiger charge is 2.19. The Morgan fingerprint density at radius 2 is 1.76 bits per heavy atom. The smallest absolute Gasteiger partial charge is 0.339 e. The number of fused-ring (bicyclic) bond motifs is 1. The van der Waals surface area contributed by atoms with Crippen LogP contribution in [-0.4, -0.2) is 46.7 Å². The van der Waals surface area contributed by atoms with Gasteiger partial charge in [0.25, 0.3) is 5.91 Å². The van der Waals surface area contributed by atoms with Crippen LogP contribution in [0.5, 0.6) is 0 Å². The molecular weight excluding hydrogens is 446 g/mol. The van der Waals surface area contributed by atoms with Crippen molar-refractivity contribution in [2.24, 2.45) is 0 Å². The van der Waals surface area contributed by atoms with Crippen LogP contribution in [-0.2, 0) is 4.74 Å². The molecule has 2 aromatic carbocycles. The molecule has 4 aromatic rings. The number of amides is 1. The minimum atomic E-state index is -1.00. The largest absolute Gasteiger partial charge is 0.478 e. The van der Waals surface area contributed by atoms with Gasteiger partial charge in [0.1, 0.15) is 0 Å². The summed E-state index contributed by atoms with van der Waals surface area (Å²) in [6, 6.07) is 14.5. The van der Waals surface area contributed by atoms with Crippen LogP contribution in [0.3, 0.4) is 0 Å². The monoisotopic (exact) mass is 463 g/mol. The second-order valence-corrected chi connectivity index (χ2v) is 7.61. The lowest BCUT2D eigenvalue weighted by atomic mass is 10.0. The highest BCUT2D eigenvalue weighted by molar-refractivity contribution is 6.33. The van der Waals surface area contributed by atoms with E-state index in [-0.39, 0.29) is 22.1 Å². The van der Waals surface area contributed by atoms with Crippen LogP contribution < -0.4 is 4.90 Å². The number of carboxylic acids is 1. The minimum Gasteiger partial charge on any atom is -0.478 e. The standard InChI is InChI=1S/C24H18ClN3O5/c1-27(17-7-8-20(25)18(12-17)24(32)33-2)22(29)16-9-10-28-21(11-16)19(13-26-28)14-3-5-15(6-4-14)23(30)31/h3-13H,1-2H3,(H,30,31). The van der Waals surface area contributed by atoms with E-state index in [1.54, 1.807) is 54.3 Å². The van der Waals surface area contributed by atoms with E-state index in [0.29, 0.717) is 16.8 Å². The minimum absolute atomic E-state index is 0.162. The summed E-state index contributed by atoms with van der Waals surface area (Å²) in [4.78, 5) is 37.7. The SMILES string of the molecule is COC(=O)c1cc(N(C)C(=O)c2ccn3ncc(-c4ccc(C(=O)O)cc4)c3c2)ccc1Cl. The first-order chi connectivity index (χ1) is 15.8. The number of aromatic carboxylic acids is 1. The van der Waals surface area contributed by atoms with E-state index < -0.39 is 11.9 Å². The molecule has 166 valence electrons. The van der Waals surface area contributed by atoms with Crippen molar-refractivity contribution in [2.75, 3.05) is 19.1 Å². The number of halogens is 1. The molecule has 0 saturated carbocycles. The molecule has 1 amide bonds. The van der Waals surface area contributed by atoms with Crippen molar-refractivity contribution >= 4 is 40.7 Å². The Hall–Kier alpha value is -4.17. The molecule has 33 heavy (non-hydrogen) atoms. The van der Waals surface area contributed by atoms with Gasteiger partial charge in [-0.05, 0) is 48.0 Å². The number of esters is 1. The van der Waals surface area contributed by atoms with Crippen molar-refractivity contribution in [3.05, 3.63) is 88.7 Å². The van der Waals surface area contributed by atoms with Crippen molar-refractivity contribution in [2.45, 2.75) is 0 Å². The second kappa shape index (κ2) is 8.76. The molecule has 9 heteroatoms. The average Bonchev–Trinajstić information content (AvgIpc) is 3.26. The van der Waals surface area contributed by atoms with E-state index >= 15 is 0 Å². The van der Waals surface area contributed by atoms with Gasteiger partial charge in [0.2, 0.25) is 0 Å². The third-order valence-electron chi connectivity index (χ3n) is 5.26. The molecule has 1 N–H and O–H groups in total. The quantitative estimate of drug-likeness (QED) is 0.440. The predicted molar refractivity (Wildman–Crippen MR) is 123 cm³/mol. The van der Waals surface area contributed by atoms with Gasteiger partial charge in [-0.2, -0.15) is 5.10 Å². The van der Waals surface area contributed by atoms with Crippen molar-refractivity contribution < 1.29 is 24.2 Å². The van der Waals surface area contributed by atoms with Gasteiger partial charge in [0, 0.05) is 30.1 Å². The lowest BCUT2D eigenvalue weighted by Gasteiger charge is -2.18. The number of carbonyl (C=O) groups is 3. The van der Waals surface area contributed by atoms with Crippen molar-refractivity contribution in [1.82, 2.24) is 9.61 Å². The Bertz CT molecular complexity index is 1400. The first kappa shape index (κ1) is 22.0. The molecule has 0 atom stereocenters. The van der Waals surface area contributed by atoms with Crippen LogP contribution in [0.15, 0.2) is 67.0 Å². The molecule has 0 spiro atoms. The van der Waals surface area contributed by atoms with Gasteiger partial charge in [0.05, 0.1) is 35.0 Å². The summed E-state index contributed by atoms with van der Waals surface area (Å²) >= 11 is 6.08. The molecular formula is C24H18ClN3O5. The summed E-state index contributed by atoms with van der Waals surface area (Å²) in [5.74, 6) is -1.90. The van der Waals surface area contributed by atoms with E-state index in [2.05, 4.69) is 5.10 Å². The Kier molecular flexibility index (Phi) is 5.85. The number of pyridine rings is 1. The number of carbonyl (C=O) groups excluding carboxylic acids is 2. The first-order valence-electron chi connectivity index (χ1n) is 9.77. The molecule has 2 heterocycles. The van der Waals surface area contributed by atoms with Crippen LogP contribution in [0.1, 0.15) is 31.1 Å². The topological polar surface area (TPSA) is 101 Å². The van der Waals surface area contributed by atoms with E-state index in [4.69, 9.17) is 21.4 Å². The summed E-state index contributed by atoms with van der Waals surface area (Å²) in [7, 11) is 2.85. The molecule has 0 aliphatic carbocycles. The van der Waals surface area contributed by atoms with Crippen LogP contribution in [0.2, 0.25) is 5.02 Å². The molecule has 4 rings (SSSR count). The zero-order chi connectivity index (χ0) is 23.7. The number of rotatable bonds is 5. The van der Waals surface area contributed by atoms with Crippen LogP contribution in [0.4, 0.5) is 5.69 Å². The number of hydrogen-bond donors (Lipinski definition) is 1. The number of methoxy groups -OCH3 is 1. The summed E-state index contributed by atoms with van der Waals surface area (Å²) in [5, 5.41) is 13.6. The van der Waals surface area contributed by atoms with Crippen LogP contribution in [0.25, 0.3) is 16.6 Å². The number of nitrogens with zero attached hydrogens (tertiary/aromatic N) is 3. The van der Waals surface area contributed by atoms with Gasteiger partial charge in [0.15, 0.2) is 0 Å². The first-order valence-corrected chi connectivity index (χ1v) is 10.1. The normalized spacial score (nSPS) is 10.8. The Labute approximate surface area is 193 Å². The third-order valence-corrected chi connectivity index (χ3v) is 5.59. The number of ether oxygens (including phenoxy) is 1. The maximum Gasteiger partial charge on any atom is 0.339 e. The predicted octanol–water partition coefficient (Wildman–Crippen LogP) is 4.42. The van der Waals surface area contributed by atoms with E-state index in [1.807, 2.05) is 0 Å². The molecule has 0 aliphatic heterocycles. The lowest BCUT2D eigenvalue weighted by molar-refractivity contribution is 0.0599. The fraction of sp³-hybridized carbons (Fsp3) is 0.0833. The maximum absolute atomic E-state index is 13.2. The number of hydrogen-bond acceptors (Lipinski definition) is 5. The second-order valence-electron chi connectivity index (χ2n) is 7.21. The highest BCUT2D eigenvalue weighted by Crippen LogP contribution is 2.27. The fourth-order valence-electron chi connectivity index (χ4n) is 3.43. The molecule has 0 unspecified atom stereocenters. The lowest BCUT2D eigenvalue weighted by Crippen LogP contribution is -2.26. The summed E-state index contributed by atoms with van der Waals surface area (Å²) in [6.45, 7) is 0. The fourth-order valence-corrected chi connectivity index (χ4v) is 3.62. The van der Waals surface area contributed by atoms with Gasteiger partial charge >= 0.3 is 11.9 Å².